The Hall–Kier alpha value is -2.57. The fourth-order valence-electron chi connectivity index (χ4n) is 3.52. The first kappa shape index (κ1) is 18.2. The third kappa shape index (κ3) is 4.53. The molecule has 2 aromatic heterocycles. The van der Waals surface area contributed by atoms with E-state index in [1.165, 1.54) is 18.4 Å². The summed E-state index contributed by atoms with van der Waals surface area (Å²) in [7, 11) is 0. The molecule has 1 saturated heterocycles. The number of piperidine rings is 1. The molecule has 0 atom stereocenters. The molecule has 1 aromatic carbocycles. The third-order valence-corrected chi connectivity index (χ3v) is 4.88. The molecule has 3 aromatic rings. The molecule has 136 valence electrons. The number of hydrogen-bond acceptors (Lipinski definition) is 4. The van der Waals surface area contributed by atoms with Crippen molar-refractivity contribution in [2.45, 2.75) is 31.8 Å². The highest BCUT2D eigenvalue weighted by Gasteiger charge is 2.21. The average Bonchev–Trinajstić information content (AvgIpc) is 3.11. The molecule has 6 heteroatoms. The van der Waals surface area contributed by atoms with E-state index in [1.807, 2.05) is 35.3 Å². The van der Waals surface area contributed by atoms with Crippen LogP contribution in [-0.2, 0) is 13.1 Å². The van der Waals surface area contributed by atoms with Crippen LogP contribution in [0.25, 0.3) is 0 Å². The van der Waals surface area contributed by atoms with Crippen LogP contribution < -0.4 is 0 Å². The zero-order chi connectivity index (χ0) is 16.9. The van der Waals surface area contributed by atoms with Gasteiger partial charge in [-0.15, -0.1) is 5.10 Å². The van der Waals surface area contributed by atoms with Crippen LogP contribution in [0.5, 0.6) is 0 Å². The molecule has 0 bridgehead atoms. The molecule has 4 rings (SSSR count). The molecular formula is C20H25N5O. The van der Waals surface area contributed by atoms with Gasteiger partial charge in [-0.3, -0.25) is 9.88 Å². The lowest BCUT2D eigenvalue weighted by atomic mass is 9.89. The van der Waals surface area contributed by atoms with Crippen LogP contribution in [0.4, 0.5) is 0 Å². The molecule has 1 fully saturated rings. The molecule has 6 nitrogen and oxygen atoms in total. The van der Waals surface area contributed by atoms with Crippen LogP contribution in [0.15, 0.2) is 60.9 Å². The number of pyridine rings is 1. The SMILES string of the molecule is O.c1ccc(C2CCN(Cc3cn(Cc4ccccn4)nn3)CC2)cc1. The number of rotatable bonds is 5. The van der Waals surface area contributed by atoms with Crippen molar-refractivity contribution in [2.24, 2.45) is 0 Å². The Morgan fingerprint density at radius 1 is 0.885 bits per heavy atom. The minimum atomic E-state index is 0. The minimum Gasteiger partial charge on any atom is -0.412 e. The fraction of sp³-hybridized carbons (Fsp3) is 0.350. The molecule has 0 saturated carbocycles. The Balaban J connectivity index is 0.00000196. The Morgan fingerprint density at radius 3 is 2.38 bits per heavy atom. The van der Waals surface area contributed by atoms with Gasteiger partial charge in [0.25, 0.3) is 0 Å². The molecule has 0 unspecified atom stereocenters. The zero-order valence-corrected chi connectivity index (χ0v) is 14.8. The first-order valence-electron chi connectivity index (χ1n) is 8.93. The summed E-state index contributed by atoms with van der Waals surface area (Å²) in [5.74, 6) is 0.692. The Kier molecular flexibility index (Phi) is 6.09. The predicted octanol–water partition coefficient (Wildman–Crippen LogP) is 2.28. The summed E-state index contributed by atoms with van der Waals surface area (Å²) in [6.45, 7) is 3.78. The second kappa shape index (κ2) is 8.69. The van der Waals surface area contributed by atoms with Gasteiger partial charge in [-0.1, -0.05) is 41.6 Å². The van der Waals surface area contributed by atoms with Crippen molar-refractivity contribution >= 4 is 0 Å². The van der Waals surface area contributed by atoms with Crippen LogP contribution in [-0.4, -0.2) is 43.4 Å². The van der Waals surface area contributed by atoms with Gasteiger partial charge in [0.2, 0.25) is 0 Å². The van der Waals surface area contributed by atoms with Crippen molar-refractivity contribution in [3.8, 4) is 0 Å². The van der Waals surface area contributed by atoms with Gasteiger partial charge < -0.3 is 5.48 Å². The van der Waals surface area contributed by atoms with Gasteiger partial charge in [0.05, 0.1) is 24.1 Å². The molecule has 3 heterocycles. The van der Waals surface area contributed by atoms with Crippen molar-refractivity contribution in [2.75, 3.05) is 13.1 Å². The molecule has 26 heavy (non-hydrogen) atoms. The van der Waals surface area contributed by atoms with E-state index >= 15 is 0 Å². The maximum atomic E-state index is 4.34. The van der Waals surface area contributed by atoms with E-state index in [1.54, 1.807) is 0 Å². The summed E-state index contributed by atoms with van der Waals surface area (Å²) in [5, 5.41) is 8.57. The van der Waals surface area contributed by atoms with Gasteiger partial charge >= 0.3 is 0 Å². The smallest absolute Gasteiger partial charge is 0.0967 e. The maximum Gasteiger partial charge on any atom is 0.0967 e. The second-order valence-corrected chi connectivity index (χ2v) is 6.69. The highest BCUT2D eigenvalue weighted by Crippen LogP contribution is 2.28. The molecule has 1 aliphatic heterocycles. The Bertz CT molecular complexity index is 782. The van der Waals surface area contributed by atoms with Crippen molar-refractivity contribution in [3.63, 3.8) is 0 Å². The summed E-state index contributed by atoms with van der Waals surface area (Å²) in [6.07, 6.45) is 6.28. The molecule has 0 spiro atoms. The lowest BCUT2D eigenvalue weighted by Gasteiger charge is -2.31. The summed E-state index contributed by atoms with van der Waals surface area (Å²) in [4.78, 5) is 6.82. The van der Waals surface area contributed by atoms with Gasteiger partial charge in [0.1, 0.15) is 0 Å². The van der Waals surface area contributed by atoms with E-state index in [4.69, 9.17) is 0 Å². The predicted molar refractivity (Wildman–Crippen MR) is 101 cm³/mol. The van der Waals surface area contributed by atoms with Crippen LogP contribution in [0.1, 0.15) is 35.7 Å². The van der Waals surface area contributed by atoms with Gasteiger partial charge in [0, 0.05) is 12.7 Å². The molecule has 0 amide bonds. The normalized spacial score (nSPS) is 15.5. The van der Waals surface area contributed by atoms with Gasteiger partial charge in [-0.05, 0) is 49.5 Å². The van der Waals surface area contributed by atoms with Gasteiger partial charge in [-0.25, -0.2) is 4.68 Å². The van der Waals surface area contributed by atoms with Crippen LogP contribution in [0.2, 0.25) is 0 Å². The summed E-state index contributed by atoms with van der Waals surface area (Å²) < 4.78 is 1.87. The molecule has 0 radical (unpaired) electrons. The molecule has 1 aliphatic rings. The van der Waals surface area contributed by atoms with Crippen LogP contribution in [0, 0.1) is 0 Å². The van der Waals surface area contributed by atoms with Crippen molar-refractivity contribution < 1.29 is 5.48 Å². The van der Waals surface area contributed by atoms with Crippen LogP contribution in [0.3, 0.4) is 0 Å². The summed E-state index contributed by atoms with van der Waals surface area (Å²) in [6, 6.07) is 16.8. The number of likely N-dealkylation sites (tertiary alicyclic amines) is 1. The lowest BCUT2D eigenvalue weighted by molar-refractivity contribution is 0.202. The number of nitrogens with zero attached hydrogens (tertiary/aromatic N) is 5. The zero-order valence-electron chi connectivity index (χ0n) is 14.8. The topological polar surface area (TPSA) is 78.3 Å². The summed E-state index contributed by atoms with van der Waals surface area (Å²) >= 11 is 0. The number of benzene rings is 1. The highest BCUT2D eigenvalue weighted by atomic mass is 16.0. The first-order chi connectivity index (χ1) is 12.4. The Morgan fingerprint density at radius 2 is 1.65 bits per heavy atom. The van der Waals surface area contributed by atoms with E-state index < -0.39 is 0 Å². The first-order valence-corrected chi connectivity index (χ1v) is 8.93. The molecule has 2 N–H and O–H groups in total. The van der Waals surface area contributed by atoms with Crippen LogP contribution >= 0.6 is 0 Å². The number of hydrogen-bond donors (Lipinski definition) is 0. The average molecular weight is 351 g/mol. The third-order valence-electron chi connectivity index (χ3n) is 4.88. The Labute approximate surface area is 153 Å². The van der Waals surface area contributed by atoms with Crippen molar-refractivity contribution in [1.82, 2.24) is 24.9 Å². The van der Waals surface area contributed by atoms with Gasteiger partial charge in [0.15, 0.2) is 0 Å². The monoisotopic (exact) mass is 351 g/mol. The fourth-order valence-corrected chi connectivity index (χ4v) is 3.52. The lowest BCUT2D eigenvalue weighted by Crippen LogP contribution is -2.32. The van der Waals surface area contributed by atoms with E-state index in [-0.39, 0.29) is 5.48 Å². The highest BCUT2D eigenvalue weighted by molar-refractivity contribution is 5.20. The van der Waals surface area contributed by atoms with Crippen molar-refractivity contribution in [1.29, 1.82) is 0 Å². The van der Waals surface area contributed by atoms with E-state index in [9.17, 15) is 0 Å². The second-order valence-electron chi connectivity index (χ2n) is 6.69. The van der Waals surface area contributed by atoms with E-state index in [0.29, 0.717) is 12.5 Å². The molecule has 0 aliphatic carbocycles. The van der Waals surface area contributed by atoms with Crippen molar-refractivity contribution in [3.05, 3.63) is 77.9 Å². The van der Waals surface area contributed by atoms with E-state index in [0.717, 1.165) is 31.0 Å². The van der Waals surface area contributed by atoms with Gasteiger partial charge in [-0.2, -0.15) is 0 Å². The number of aromatic nitrogens is 4. The largest absolute Gasteiger partial charge is 0.412 e. The maximum absolute atomic E-state index is 4.34. The standard InChI is InChI=1S/C20H23N5.H2O/c1-2-6-17(7-3-1)18-9-12-24(13-10-18)14-20-16-25(23-22-20)15-19-8-4-5-11-21-19;/h1-8,11,16,18H,9-10,12-15H2;1H2. The quantitative estimate of drug-likeness (QED) is 0.706. The summed E-state index contributed by atoms with van der Waals surface area (Å²) in [5.41, 5.74) is 3.51. The minimum absolute atomic E-state index is 0. The molecular weight excluding hydrogens is 326 g/mol. The van der Waals surface area contributed by atoms with E-state index in [2.05, 4.69) is 50.5 Å².